The molecule has 1 saturated carbocycles. The largest absolute Gasteiger partial charge is 0.317 e. The van der Waals surface area contributed by atoms with Crippen molar-refractivity contribution < 1.29 is 10.0 Å². The highest BCUT2D eigenvalue weighted by molar-refractivity contribution is 5.93. The molecular weight excluding hydrogens is 304 g/mol. The zero-order valence-electron chi connectivity index (χ0n) is 14.1. The zero-order chi connectivity index (χ0) is 16.6. The number of hydrogen-bond donors (Lipinski definition) is 3. The summed E-state index contributed by atoms with van der Waals surface area (Å²) in [4.78, 5) is 18.5. The van der Waals surface area contributed by atoms with Crippen molar-refractivity contribution in [2.24, 2.45) is 11.3 Å². The number of rotatable bonds is 3. The van der Waals surface area contributed by atoms with Crippen LogP contribution in [0.5, 0.6) is 0 Å². The number of aromatic nitrogens is 1. The van der Waals surface area contributed by atoms with Crippen LogP contribution in [0.3, 0.4) is 0 Å². The van der Waals surface area contributed by atoms with Crippen LogP contribution in [0, 0.1) is 11.3 Å². The monoisotopic (exact) mass is 330 g/mol. The summed E-state index contributed by atoms with van der Waals surface area (Å²) in [5.74, 6) is 0.346. The van der Waals surface area contributed by atoms with Crippen molar-refractivity contribution in [1.29, 1.82) is 0 Å². The van der Waals surface area contributed by atoms with Crippen molar-refractivity contribution in [2.45, 2.75) is 38.6 Å². The molecule has 1 aromatic heterocycles. The molecule has 3 N–H and O–H groups in total. The number of fused-ring (bicyclic) bond motifs is 1. The second kappa shape index (κ2) is 6.43. The molecule has 1 amide bonds. The average Bonchev–Trinajstić information content (AvgIpc) is 2.60. The number of pyridine rings is 1. The Bertz CT molecular complexity index is 619. The lowest BCUT2D eigenvalue weighted by atomic mass is 9.57. The predicted molar refractivity (Wildman–Crippen MR) is 89.7 cm³/mol. The number of carbonyl (C=O) groups is 1. The number of carbonyl (C=O) groups excluding carboxylic acids is 1. The third-order valence-electron chi connectivity index (χ3n) is 6.12. The molecule has 0 bridgehead atoms. The molecule has 130 valence electrons. The minimum absolute atomic E-state index is 0.427. The molecule has 1 aliphatic carbocycles. The van der Waals surface area contributed by atoms with Crippen molar-refractivity contribution in [2.75, 3.05) is 26.2 Å². The lowest BCUT2D eigenvalue weighted by Gasteiger charge is -2.52. The van der Waals surface area contributed by atoms with E-state index in [0.29, 0.717) is 11.0 Å². The molecule has 0 radical (unpaired) electrons. The SMILES string of the molecule is O=C(NO)c1cnc2c(c1)CCN(CC1CC3(CCNCC3)C1)C2. The predicted octanol–water partition coefficient (Wildman–Crippen LogP) is 1.34. The summed E-state index contributed by atoms with van der Waals surface area (Å²) in [5, 5.41) is 12.2. The highest BCUT2D eigenvalue weighted by Crippen LogP contribution is 2.51. The first kappa shape index (κ1) is 16.0. The van der Waals surface area contributed by atoms with E-state index in [0.717, 1.165) is 36.7 Å². The van der Waals surface area contributed by atoms with Gasteiger partial charge in [0.05, 0.1) is 11.3 Å². The summed E-state index contributed by atoms with van der Waals surface area (Å²) in [6.45, 7) is 5.47. The maximum Gasteiger partial charge on any atom is 0.276 e. The van der Waals surface area contributed by atoms with Gasteiger partial charge in [0.2, 0.25) is 0 Å². The van der Waals surface area contributed by atoms with Gasteiger partial charge in [-0.2, -0.15) is 0 Å². The third kappa shape index (κ3) is 3.06. The summed E-state index contributed by atoms with van der Waals surface area (Å²) in [6, 6.07) is 1.86. The molecule has 3 heterocycles. The number of nitrogens with zero attached hydrogens (tertiary/aromatic N) is 2. The van der Waals surface area contributed by atoms with Crippen LogP contribution in [0.2, 0.25) is 0 Å². The standard InChI is InChI=1S/C18H26N4O2/c23-17(21-24)15-7-14-1-6-22(12-16(14)20-10-15)11-13-8-18(9-13)2-4-19-5-3-18/h7,10,13,19,24H,1-6,8-9,11-12H2,(H,21,23). The van der Waals surface area contributed by atoms with E-state index in [9.17, 15) is 4.79 Å². The Morgan fingerprint density at radius 2 is 2.21 bits per heavy atom. The molecule has 6 heteroatoms. The van der Waals surface area contributed by atoms with E-state index in [1.54, 1.807) is 11.7 Å². The molecular formula is C18H26N4O2. The fourth-order valence-electron chi connectivity index (χ4n) is 4.84. The maximum absolute atomic E-state index is 11.5. The molecule has 4 rings (SSSR count). The van der Waals surface area contributed by atoms with E-state index >= 15 is 0 Å². The minimum atomic E-state index is -0.491. The van der Waals surface area contributed by atoms with E-state index < -0.39 is 5.91 Å². The molecule has 2 fully saturated rings. The van der Waals surface area contributed by atoms with Crippen molar-refractivity contribution in [3.63, 3.8) is 0 Å². The van der Waals surface area contributed by atoms with Gasteiger partial charge in [-0.3, -0.25) is 19.9 Å². The van der Waals surface area contributed by atoms with Crippen molar-refractivity contribution in [3.05, 3.63) is 29.1 Å². The third-order valence-corrected chi connectivity index (χ3v) is 6.12. The Balaban J connectivity index is 1.33. The van der Waals surface area contributed by atoms with Gasteiger partial charge >= 0.3 is 0 Å². The molecule has 6 nitrogen and oxygen atoms in total. The van der Waals surface area contributed by atoms with E-state index in [4.69, 9.17) is 5.21 Å². The molecule has 0 unspecified atom stereocenters. The lowest BCUT2D eigenvalue weighted by Crippen LogP contribution is -2.49. The van der Waals surface area contributed by atoms with Gasteiger partial charge in [-0.15, -0.1) is 0 Å². The van der Waals surface area contributed by atoms with Crippen molar-refractivity contribution in [1.82, 2.24) is 20.7 Å². The molecule has 0 aromatic carbocycles. The molecule has 1 aromatic rings. The van der Waals surface area contributed by atoms with Crippen LogP contribution in [-0.2, 0) is 13.0 Å². The van der Waals surface area contributed by atoms with Gasteiger partial charge < -0.3 is 5.32 Å². The van der Waals surface area contributed by atoms with Crippen LogP contribution >= 0.6 is 0 Å². The van der Waals surface area contributed by atoms with Crippen LogP contribution in [0.1, 0.15) is 47.3 Å². The van der Waals surface area contributed by atoms with Gasteiger partial charge in [0.25, 0.3) is 5.91 Å². The summed E-state index contributed by atoms with van der Waals surface area (Å²) in [5.41, 5.74) is 4.96. The van der Waals surface area contributed by atoms with Crippen LogP contribution in [0.15, 0.2) is 12.3 Å². The summed E-state index contributed by atoms with van der Waals surface area (Å²) in [6.07, 6.45) is 7.97. The number of hydrogen-bond acceptors (Lipinski definition) is 5. The normalized spacial score (nSPS) is 23.5. The van der Waals surface area contributed by atoms with Gasteiger partial charge in [0, 0.05) is 25.8 Å². The van der Waals surface area contributed by atoms with E-state index in [1.807, 2.05) is 6.07 Å². The highest BCUT2D eigenvalue weighted by atomic mass is 16.5. The lowest BCUT2D eigenvalue weighted by molar-refractivity contribution is 0.000229. The summed E-state index contributed by atoms with van der Waals surface area (Å²) < 4.78 is 0. The Labute approximate surface area is 142 Å². The maximum atomic E-state index is 11.5. The molecule has 24 heavy (non-hydrogen) atoms. The first-order valence-corrected chi connectivity index (χ1v) is 9.03. The highest BCUT2D eigenvalue weighted by Gasteiger charge is 2.44. The Hall–Kier alpha value is -1.50. The quantitative estimate of drug-likeness (QED) is 0.576. The number of nitrogens with one attached hydrogen (secondary N) is 2. The van der Waals surface area contributed by atoms with Gasteiger partial charge in [0.15, 0.2) is 0 Å². The number of amides is 1. The van der Waals surface area contributed by atoms with Crippen molar-refractivity contribution in [3.8, 4) is 0 Å². The van der Waals surface area contributed by atoms with Gasteiger partial charge in [0.1, 0.15) is 0 Å². The first-order valence-electron chi connectivity index (χ1n) is 9.03. The summed E-state index contributed by atoms with van der Waals surface area (Å²) in [7, 11) is 0. The fourth-order valence-corrected chi connectivity index (χ4v) is 4.84. The van der Waals surface area contributed by atoms with Crippen molar-refractivity contribution >= 4 is 5.91 Å². The van der Waals surface area contributed by atoms with Gasteiger partial charge in [-0.05, 0) is 68.2 Å². The van der Waals surface area contributed by atoms with Crippen LogP contribution in [-0.4, -0.2) is 47.2 Å². The van der Waals surface area contributed by atoms with E-state index in [-0.39, 0.29) is 0 Å². The summed E-state index contributed by atoms with van der Waals surface area (Å²) >= 11 is 0. The minimum Gasteiger partial charge on any atom is -0.317 e. The average molecular weight is 330 g/mol. The van der Waals surface area contributed by atoms with Crippen LogP contribution < -0.4 is 10.8 Å². The number of hydroxylamine groups is 1. The molecule has 1 saturated heterocycles. The molecule has 0 atom stereocenters. The van der Waals surface area contributed by atoms with Gasteiger partial charge in [-0.25, -0.2) is 5.48 Å². The topological polar surface area (TPSA) is 77.5 Å². The van der Waals surface area contributed by atoms with Crippen LogP contribution in [0.4, 0.5) is 0 Å². The second-order valence-corrected chi connectivity index (χ2v) is 7.78. The smallest absolute Gasteiger partial charge is 0.276 e. The van der Waals surface area contributed by atoms with E-state index in [1.165, 1.54) is 45.3 Å². The molecule has 2 aliphatic heterocycles. The molecule has 3 aliphatic rings. The Morgan fingerprint density at radius 3 is 2.96 bits per heavy atom. The second-order valence-electron chi connectivity index (χ2n) is 7.78. The number of piperidine rings is 1. The fraction of sp³-hybridized carbons (Fsp3) is 0.667. The molecule has 1 spiro atoms. The van der Waals surface area contributed by atoms with E-state index in [2.05, 4.69) is 15.2 Å². The Kier molecular flexibility index (Phi) is 4.28. The van der Waals surface area contributed by atoms with Gasteiger partial charge in [-0.1, -0.05) is 0 Å². The zero-order valence-corrected chi connectivity index (χ0v) is 14.1. The first-order chi connectivity index (χ1) is 11.7. The van der Waals surface area contributed by atoms with Crippen LogP contribution in [0.25, 0.3) is 0 Å². The Morgan fingerprint density at radius 1 is 1.42 bits per heavy atom.